The first-order chi connectivity index (χ1) is 16.8. The Bertz CT molecular complexity index is 1240. The quantitative estimate of drug-likeness (QED) is 0.261. The van der Waals surface area contributed by atoms with Crippen LogP contribution in [-0.2, 0) is 20.8 Å². The van der Waals surface area contributed by atoms with Crippen LogP contribution in [0.5, 0.6) is 5.75 Å². The molecule has 0 bridgehead atoms. The lowest BCUT2D eigenvalue weighted by atomic mass is 9.54. The van der Waals surface area contributed by atoms with Crippen LogP contribution in [0.3, 0.4) is 0 Å². The molecule has 1 amide bonds. The van der Waals surface area contributed by atoms with Crippen molar-refractivity contribution >= 4 is 23.2 Å². The molecule has 36 heavy (non-hydrogen) atoms. The number of aromatic hydroxyl groups is 1. The molecule has 0 aliphatic heterocycles. The van der Waals surface area contributed by atoms with Crippen molar-refractivity contribution in [2.45, 2.75) is 30.6 Å². The van der Waals surface area contributed by atoms with E-state index in [1.165, 1.54) is 6.07 Å². The van der Waals surface area contributed by atoms with Gasteiger partial charge in [0.25, 0.3) is 0 Å². The van der Waals surface area contributed by atoms with Crippen molar-refractivity contribution in [1.29, 1.82) is 0 Å². The third-order valence-electron chi connectivity index (χ3n) is 7.59. The molecule has 0 spiro atoms. The third kappa shape index (κ3) is 3.71. The molecule has 4 rings (SSSR count). The van der Waals surface area contributed by atoms with Gasteiger partial charge < -0.3 is 31.1 Å². The van der Waals surface area contributed by atoms with Crippen molar-refractivity contribution in [1.82, 2.24) is 9.80 Å². The highest BCUT2D eigenvalue weighted by Crippen LogP contribution is 2.52. The number of carbonyl (C=O) groups is 3. The van der Waals surface area contributed by atoms with E-state index in [1.54, 1.807) is 25.1 Å². The van der Waals surface area contributed by atoms with Gasteiger partial charge >= 0.3 is 0 Å². The zero-order chi connectivity index (χ0) is 26.7. The van der Waals surface area contributed by atoms with Gasteiger partial charge in [-0.15, -0.1) is 0 Å². The van der Waals surface area contributed by atoms with Crippen molar-refractivity contribution in [2.24, 2.45) is 23.5 Å². The predicted octanol–water partition coefficient (Wildman–Crippen LogP) is -0.958. The highest BCUT2D eigenvalue weighted by atomic mass is 16.3. The molecule has 6 N–H and O–H groups in total. The first kappa shape index (κ1) is 25.9. The van der Waals surface area contributed by atoms with Crippen LogP contribution in [0.25, 0.3) is 5.76 Å². The number of ketones is 2. The van der Waals surface area contributed by atoms with Crippen LogP contribution in [0.15, 0.2) is 17.7 Å². The molecule has 2 unspecified atom stereocenters. The standard InChI is InChI=1S/C26H31N3O7/c1-28(2)9-5-6-12-7-8-16(30)18-14(12)10-13-11-15-20(29(3)4)22(32)19(25(27)35)24(34)26(15,36)23(33)17(13)21(18)31/h7-8,13,15,19-20,22,30-32,36H,9-11H2,1-4H3,(H2,27,35)/t13-,15-,19?,20-,22?,26-/m0/s1. The van der Waals surface area contributed by atoms with Crippen LogP contribution < -0.4 is 5.73 Å². The summed E-state index contributed by atoms with van der Waals surface area (Å²) in [7, 11) is 6.98. The number of benzene rings is 1. The fraction of sp³-hybridized carbons (Fsp3) is 0.500. The molecule has 2 fully saturated rings. The van der Waals surface area contributed by atoms with Gasteiger partial charge in [-0.3, -0.25) is 19.3 Å². The van der Waals surface area contributed by atoms with E-state index >= 15 is 0 Å². The van der Waals surface area contributed by atoms with Gasteiger partial charge in [-0.2, -0.15) is 0 Å². The Hall–Kier alpha value is -3.23. The van der Waals surface area contributed by atoms with E-state index in [0.29, 0.717) is 17.7 Å². The molecule has 0 radical (unpaired) electrons. The number of hydrogen-bond acceptors (Lipinski definition) is 9. The summed E-state index contributed by atoms with van der Waals surface area (Å²) in [6.07, 6.45) is -1.23. The number of aliphatic hydroxyl groups excluding tert-OH is 2. The highest BCUT2D eigenvalue weighted by Gasteiger charge is 2.67. The fourth-order valence-corrected chi connectivity index (χ4v) is 6.01. The minimum Gasteiger partial charge on any atom is -0.507 e. The summed E-state index contributed by atoms with van der Waals surface area (Å²) in [6.45, 7) is 0.491. The number of aliphatic hydroxyl groups is 3. The number of carbonyl (C=O) groups excluding carboxylic acids is 3. The number of likely N-dealkylation sites (N-methyl/N-ethyl adjacent to an activating group) is 1. The Morgan fingerprint density at radius 3 is 2.44 bits per heavy atom. The zero-order valence-corrected chi connectivity index (χ0v) is 20.6. The van der Waals surface area contributed by atoms with E-state index in [4.69, 9.17) is 5.73 Å². The number of nitrogens with zero attached hydrogens (tertiary/aromatic N) is 2. The van der Waals surface area contributed by atoms with Gasteiger partial charge in [0.2, 0.25) is 11.7 Å². The van der Waals surface area contributed by atoms with Gasteiger partial charge in [0.1, 0.15) is 17.4 Å². The molecular formula is C26H31N3O7. The summed E-state index contributed by atoms with van der Waals surface area (Å²) >= 11 is 0. The predicted molar refractivity (Wildman–Crippen MR) is 130 cm³/mol. The molecule has 10 nitrogen and oxygen atoms in total. The number of nitrogens with two attached hydrogens (primary N) is 1. The van der Waals surface area contributed by atoms with Gasteiger partial charge in [-0.05, 0) is 64.6 Å². The number of phenolic OH excluding ortho intramolecular Hbond substituents is 1. The summed E-state index contributed by atoms with van der Waals surface area (Å²) < 4.78 is 0. The number of rotatable bonds is 3. The second-order valence-electron chi connectivity index (χ2n) is 10.3. The summed E-state index contributed by atoms with van der Waals surface area (Å²) in [6, 6.07) is 2.08. The fourth-order valence-electron chi connectivity index (χ4n) is 6.01. The van der Waals surface area contributed by atoms with E-state index < -0.39 is 58.7 Å². The minimum atomic E-state index is -2.66. The molecule has 192 valence electrons. The van der Waals surface area contributed by atoms with Crippen LogP contribution in [0.2, 0.25) is 0 Å². The minimum absolute atomic E-state index is 0.0345. The molecule has 3 aliphatic rings. The summed E-state index contributed by atoms with van der Waals surface area (Å²) in [5.41, 5.74) is 3.72. The Morgan fingerprint density at radius 2 is 1.86 bits per heavy atom. The monoisotopic (exact) mass is 497 g/mol. The van der Waals surface area contributed by atoms with Gasteiger partial charge in [0, 0.05) is 23.1 Å². The molecule has 6 atom stereocenters. The lowest BCUT2D eigenvalue weighted by Gasteiger charge is -2.53. The Balaban J connectivity index is 1.89. The van der Waals surface area contributed by atoms with E-state index in [9.17, 15) is 34.8 Å². The molecule has 2 saturated carbocycles. The van der Waals surface area contributed by atoms with Crippen LogP contribution in [0.4, 0.5) is 0 Å². The SMILES string of the molecule is CN(C)CC#Cc1ccc(O)c2c1C[C@H]1C[C@H]3[C@H](N(C)C)C(O)C(C(N)=O)C(=O)[C@@]3(O)C(=O)C1=C2O. The lowest BCUT2D eigenvalue weighted by Crippen LogP contribution is -2.73. The van der Waals surface area contributed by atoms with E-state index in [1.807, 2.05) is 19.0 Å². The second kappa shape index (κ2) is 9.01. The van der Waals surface area contributed by atoms with Crippen molar-refractivity contribution in [3.8, 4) is 17.6 Å². The average molecular weight is 498 g/mol. The Kier molecular flexibility index (Phi) is 6.47. The number of phenols is 1. The van der Waals surface area contributed by atoms with E-state index in [0.717, 1.165) is 0 Å². The smallest absolute Gasteiger partial charge is 0.230 e. The molecule has 1 aromatic rings. The number of amides is 1. The van der Waals surface area contributed by atoms with Gasteiger partial charge in [0.05, 0.1) is 18.2 Å². The van der Waals surface area contributed by atoms with E-state index in [-0.39, 0.29) is 29.7 Å². The van der Waals surface area contributed by atoms with Crippen molar-refractivity contribution in [2.75, 3.05) is 34.7 Å². The summed E-state index contributed by atoms with van der Waals surface area (Å²) in [4.78, 5) is 42.6. The van der Waals surface area contributed by atoms with Crippen LogP contribution in [0.1, 0.15) is 23.1 Å². The first-order valence-electron chi connectivity index (χ1n) is 11.7. The molecular weight excluding hydrogens is 466 g/mol. The zero-order valence-electron chi connectivity index (χ0n) is 20.6. The third-order valence-corrected chi connectivity index (χ3v) is 7.59. The molecule has 0 heterocycles. The van der Waals surface area contributed by atoms with Gasteiger partial charge in [-0.25, -0.2) is 0 Å². The molecule has 0 aromatic heterocycles. The van der Waals surface area contributed by atoms with Gasteiger partial charge in [-0.1, -0.05) is 11.8 Å². The Morgan fingerprint density at radius 1 is 1.19 bits per heavy atom. The van der Waals surface area contributed by atoms with Crippen molar-refractivity contribution < 1.29 is 34.8 Å². The topological polar surface area (TPSA) is 165 Å². The first-order valence-corrected chi connectivity index (χ1v) is 11.7. The maximum Gasteiger partial charge on any atom is 0.230 e. The van der Waals surface area contributed by atoms with Crippen LogP contribution >= 0.6 is 0 Å². The largest absolute Gasteiger partial charge is 0.507 e. The second-order valence-corrected chi connectivity index (χ2v) is 10.3. The molecule has 3 aliphatic carbocycles. The molecule has 10 heteroatoms. The molecule has 0 saturated heterocycles. The average Bonchev–Trinajstić information content (AvgIpc) is 2.77. The normalized spacial score (nSPS) is 31.5. The van der Waals surface area contributed by atoms with Crippen LogP contribution in [-0.4, -0.2) is 100 Å². The maximum absolute atomic E-state index is 13.8. The van der Waals surface area contributed by atoms with Crippen LogP contribution in [0, 0.1) is 29.6 Å². The summed E-state index contributed by atoms with van der Waals surface area (Å²) in [5.74, 6) is -1.51. The number of fused-ring (bicyclic) bond motifs is 3. The highest BCUT2D eigenvalue weighted by molar-refractivity contribution is 6.25. The van der Waals surface area contributed by atoms with Gasteiger partial charge in [0.15, 0.2) is 11.4 Å². The van der Waals surface area contributed by atoms with E-state index in [2.05, 4.69) is 11.8 Å². The maximum atomic E-state index is 13.8. The number of primary amides is 1. The summed E-state index contributed by atoms with van der Waals surface area (Å²) in [5, 5.41) is 44.3. The van der Waals surface area contributed by atoms with Crippen molar-refractivity contribution in [3.63, 3.8) is 0 Å². The molecule has 1 aromatic carbocycles. The number of hydrogen-bond donors (Lipinski definition) is 5. The lowest BCUT2D eigenvalue weighted by molar-refractivity contribution is -0.184. The number of Topliss-reactive ketones (excluding diaryl/α,β-unsaturated/α-hetero) is 2. The van der Waals surface area contributed by atoms with Crippen molar-refractivity contribution in [3.05, 3.63) is 34.4 Å². The Labute approximate surface area is 209 Å².